The number of hydrogen-bond acceptors (Lipinski definition) is 5. The van der Waals surface area contributed by atoms with Crippen LogP contribution in [0.15, 0.2) is 73.1 Å². The van der Waals surface area contributed by atoms with Crippen molar-refractivity contribution < 1.29 is 0 Å². The Morgan fingerprint density at radius 2 is 1.40 bits per heavy atom. The van der Waals surface area contributed by atoms with E-state index in [2.05, 4.69) is 32.3 Å². The van der Waals surface area contributed by atoms with Crippen LogP contribution in [0.3, 0.4) is 0 Å². The van der Waals surface area contributed by atoms with E-state index in [1.165, 1.54) is 0 Å². The first-order valence-electron chi connectivity index (χ1n) is 8.41. The van der Waals surface area contributed by atoms with Gasteiger partial charge in [0.05, 0.1) is 11.4 Å². The van der Waals surface area contributed by atoms with Crippen molar-refractivity contribution in [1.29, 1.82) is 0 Å². The van der Waals surface area contributed by atoms with E-state index in [1.54, 1.807) is 0 Å². The molecule has 5 heteroatoms. The zero-order chi connectivity index (χ0) is 17.3. The molecule has 0 aliphatic heterocycles. The van der Waals surface area contributed by atoms with Crippen molar-refractivity contribution in [3.8, 4) is 0 Å². The minimum Gasteiger partial charge on any atom is -0.399 e. The molecule has 3 rings (SSSR count). The highest BCUT2D eigenvalue weighted by Gasteiger charge is 2.08. The van der Waals surface area contributed by atoms with Gasteiger partial charge in [-0.2, -0.15) is 0 Å². The highest BCUT2D eigenvalue weighted by atomic mass is 15.1. The summed E-state index contributed by atoms with van der Waals surface area (Å²) in [7, 11) is 0. The number of benzene rings is 1. The van der Waals surface area contributed by atoms with Crippen molar-refractivity contribution in [2.24, 2.45) is 0 Å². The van der Waals surface area contributed by atoms with Gasteiger partial charge >= 0.3 is 0 Å². The maximum atomic E-state index is 5.73. The Kier molecular flexibility index (Phi) is 5.96. The molecule has 0 spiro atoms. The molecule has 0 aliphatic carbocycles. The molecule has 0 fully saturated rings. The molecule has 0 unspecified atom stereocenters. The average molecular weight is 333 g/mol. The minimum atomic E-state index is 0.775. The first-order chi connectivity index (χ1) is 12.3. The van der Waals surface area contributed by atoms with Crippen molar-refractivity contribution in [3.63, 3.8) is 0 Å². The molecular weight excluding hydrogens is 310 g/mol. The molecule has 3 aromatic rings. The van der Waals surface area contributed by atoms with Gasteiger partial charge in [-0.15, -0.1) is 0 Å². The van der Waals surface area contributed by atoms with E-state index in [4.69, 9.17) is 5.73 Å². The van der Waals surface area contributed by atoms with Gasteiger partial charge < -0.3 is 11.1 Å². The Labute approximate surface area is 148 Å². The summed E-state index contributed by atoms with van der Waals surface area (Å²) < 4.78 is 0. The van der Waals surface area contributed by atoms with Crippen LogP contribution in [0.25, 0.3) is 0 Å². The van der Waals surface area contributed by atoms with Crippen LogP contribution in [0, 0.1) is 0 Å². The normalized spacial score (nSPS) is 10.8. The molecule has 2 aromatic heterocycles. The third kappa shape index (κ3) is 5.58. The van der Waals surface area contributed by atoms with Crippen LogP contribution in [0.1, 0.15) is 11.4 Å². The topological polar surface area (TPSA) is 67.1 Å². The van der Waals surface area contributed by atoms with Crippen LogP contribution >= 0.6 is 0 Å². The van der Waals surface area contributed by atoms with E-state index in [0.717, 1.165) is 48.9 Å². The first kappa shape index (κ1) is 16.9. The number of nitrogen functional groups attached to an aromatic ring is 1. The standard InChI is InChI=1S/C20H23N5/c21-17-7-9-18(10-8-17)24-13-14-25(15-19-5-1-3-11-22-19)16-20-6-2-4-12-23-20/h1-12,24H,13-16,21H2. The van der Waals surface area contributed by atoms with Gasteiger partial charge in [0.25, 0.3) is 0 Å². The molecule has 5 nitrogen and oxygen atoms in total. The molecule has 0 saturated carbocycles. The lowest BCUT2D eigenvalue weighted by molar-refractivity contribution is 0.261. The van der Waals surface area contributed by atoms with Gasteiger partial charge in [-0.3, -0.25) is 14.9 Å². The van der Waals surface area contributed by atoms with Crippen LogP contribution in [0.2, 0.25) is 0 Å². The molecule has 0 radical (unpaired) electrons. The summed E-state index contributed by atoms with van der Waals surface area (Å²) in [5, 5.41) is 3.44. The summed E-state index contributed by atoms with van der Waals surface area (Å²) in [5.41, 5.74) is 9.70. The smallest absolute Gasteiger partial charge is 0.0544 e. The Hall–Kier alpha value is -2.92. The molecule has 0 saturated heterocycles. The third-order valence-corrected chi connectivity index (χ3v) is 3.89. The number of nitrogens with one attached hydrogen (secondary N) is 1. The van der Waals surface area contributed by atoms with Crippen molar-refractivity contribution >= 4 is 11.4 Å². The Morgan fingerprint density at radius 1 is 0.800 bits per heavy atom. The van der Waals surface area contributed by atoms with E-state index in [-0.39, 0.29) is 0 Å². The molecule has 0 amide bonds. The zero-order valence-corrected chi connectivity index (χ0v) is 14.2. The molecule has 2 heterocycles. The summed E-state index contributed by atoms with van der Waals surface area (Å²) >= 11 is 0. The van der Waals surface area contributed by atoms with Crippen molar-refractivity contribution in [1.82, 2.24) is 14.9 Å². The Morgan fingerprint density at radius 3 is 1.92 bits per heavy atom. The largest absolute Gasteiger partial charge is 0.399 e. The number of hydrogen-bond donors (Lipinski definition) is 2. The number of anilines is 2. The van der Waals surface area contributed by atoms with Crippen LogP contribution in [0.4, 0.5) is 11.4 Å². The van der Waals surface area contributed by atoms with Crippen molar-refractivity contribution in [2.45, 2.75) is 13.1 Å². The van der Waals surface area contributed by atoms with E-state index >= 15 is 0 Å². The monoisotopic (exact) mass is 333 g/mol. The second-order valence-corrected chi connectivity index (χ2v) is 5.90. The number of pyridine rings is 2. The molecule has 0 bridgehead atoms. The van der Waals surface area contributed by atoms with Gasteiger partial charge in [-0.25, -0.2) is 0 Å². The van der Waals surface area contributed by atoms with Crippen LogP contribution in [-0.2, 0) is 13.1 Å². The van der Waals surface area contributed by atoms with Gasteiger partial charge in [0.1, 0.15) is 0 Å². The SMILES string of the molecule is Nc1ccc(NCCN(Cc2ccccn2)Cc2ccccn2)cc1. The predicted octanol–water partition coefficient (Wildman–Crippen LogP) is 3.17. The average Bonchev–Trinajstić information content (AvgIpc) is 2.65. The van der Waals surface area contributed by atoms with Gasteiger partial charge in [-0.1, -0.05) is 12.1 Å². The fourth-order valence-corrected chi connectivity index (χ4v) is 2.61. The van der Waals surface area contributed by atoms with E-state index < -0.39 is 0 Å². The Balaban J connectivity index is 1.60. The maximum absolute atomic E-state index is 5.73. The summed E-state index contributed by atoms with van der Waals surface area (Å²) in [6, 6.07) is 19.8. The molecule has 3 N–H and O–H groups in total. The Bertz CT molecular complexity index is 703. The fraction of sp³-hybridized carbons (Fsp3) is 0.200. The number of nitrogens with zero attached hydrogens (tertiary/aromatic N) is 3. The summed E-state index contributed by atoms with van der Waals surface area (Å²) in [6.07, 6.45) is 3.67. The van der Waals surface area contributed by atoms with Crippen molar-refractivity contribution in [3.05, 3.63) is 84.4 Å². The minimum absolute atomic E-state index is 0.775. The summed E-state index contributed by atoms with van der Waals surface area (Å²) in [6.45, 7) is 3.31. The molecule has 128 valence electrons. The first-order valence-corrected chi connectivity index (χ1v) is 8.41. The van der Waals surface area contributed by atoms with E-state index in [1.807, 2.05) is 60.9 Å². The van der Waals surface area contributed by atoms with E-state index in [0.29, 0.717) is 0 Å². The second-order valence-electron chi connectivity index (χ2n) is 5.90. The summed E-state index contributed by atoms with van der Waals surface area (Å²) in [4.78, 5) is 11.2. The number of aromatic nitrogens is 2. The summed E-state index contributed by atoms with van der Waals surface area (Å²) in [5.74, 6) is 0. The van der Waals surface area contributed by atoms with Gasteiger partial charge in [0.15, 0.2) is 0 Å². The second kappa shape index (κ2) is 8.80. The van der Waals surface area contributed by atoms with Gasteiger partial charge in [0.2, 0.25) is 0 Å². The quantitative estimate of drug-likeness (QED) is 0.620. The van der Waals surface area contributed by atoms with Gasteiger partial charge in [-0.05, 0) is 48.5 Å². The lowest BCUT2D eigenvalue weighted by Crippen LogP contribution is -2.29. The lowest BCUT2D eigenvalue weighted by Gasteiger charge is -2.22. The molecule has 0 atom stereocenters. The van der Waals surface area contributed by atoms with Crippen molar-refractivity contribution in [2.75, 3.05) is 24.1 Å². The van der Waals surface area contributed by atoms with Crippen LogP contribution < -0.4 is 11.1 Å². The maximum Gasteiger partial charge on any atom is 0.0544 e. The number of rotatable bonds is 8. The van der Waals surface area contributed by atoms with Gasteiger partial charge in [0, 0.05) is 49.9 Å². The molecule has 0 aliphatic rings. The molecule has 1 aromatic carbocycles. The molecule has 25 heavy (non-hydrogen) atoms. The lowest BCUT2D eigenvalue weighted by atomic mass is 10.2. The van der Waals surface area contributed by atoms with Crippen LogP contribution in [0.5, 0.6) is 0 Å². The van der Waals surface area contributed by atoms with Crippen LogP contribution in [-0.4, -0.2) is 28.0 Å². The zero-order valence-electron chi connectivity index (χ0n) is 14.2. The van der Waals surface area contributed by atoms with E-state index in [9.17, 15) is 0 Å². The number of nitrogens with two attached hydrogens (primary N) is 1. The third-order valence-electron chi connectivity index (χ3n) is 3.89. The highest BCUT2D eigenvalue weighted by molar-refractivity contribution is 5.51. The molecular formula is C20H23N5. The fourth-order valence-electron chi connectivity index (χ4n) is 2.61. The highest BCUT2D eigenvalue weighted by Crippen LogP contribution is 2.11. The predicted molar refractivity (Wildman–Crippen MR) is 102 cm³/mol.